The summed E-state index contributed by atoms with van der Waals surface area (Å²) in [5.41, 5.74) is 1.72. The molecule has 0 saturated heterocycles. The fourth-order valence-corrected chi connectivity index (χ4v) is 2.08. The number of esters is 1. The van der Waals surface area contributed by atoms with E-state index >= 15 is 0 Å². The first-order valence-electron chi connectivity index (χ1n) is 6.31. The third-order valence-corrected chi connectivity index (χ3v) is 3.03. The standard InChI is InChI=1S/C13H15ClN4O2/c1-3-20-13(19)7-4-10-8-11(14)5-6-12(10)18-9(2)15-16-17-18/h5-6,8H,3-4,7H2,1-2H3. The van der Waals surface area contributed by atoms with Crippen molar-refractivity contribution in [2.75, 3.05) is 6.61 Å². The lowest BCUT2D eigenvalue weighted by molar-refractivity contribution is -0.143. The highest BCUT2D eigenvalue weighted by Gasteiger charge is 2.12. The lowest BCUT2D eigenvalue weighted by Crippen LogP contribution is -2.08. The van der Waals surface area contributed by atoms with Crippen molar-refractivity contribution in [1.82, 2.24) is 20.2 Å². The zero-order chi connectivity index (χ0) is 14.5. The minimum Gasteiger partial charge on any atom is -0.466 e. The number of hydrogen-bond acceptors (Lipinski definition) is 5. The van der Waals surface area contributed by atoms with Crippen molar-refractivity contribution in [3.05, 3.63) is 34.6 Å². The summed E-state index contributed by atoms with van der Waals surface area (Å²) in [6, 6.07) is 5.43. The van der Waals surface area contributed by atoms with E-state index in [9.17, 15) is 4.79 Å². The van der Waals surface area contributed by atoms with Gasteiger partial charge in [-0.1, -0.05) is 11.6 Å². The van der Waals surface area contributed by atoms with Crippen molar-refractivity contribution in [2.45, 2.75) is 26.7 Å². The van der Waals surface area contributed by atoms with Crippen LogP contribution in [0.15, 0.2) is 18.2 Å². The van der Waals surface area contributed by atoms with E-state index in [-0.39, 0.29) is 5.97 Å². The maximum Gasteiger partial charge on any atom is 0.306 e. The van der Waals surface area contributed by atoms with Gasteiger partial charge in [-0.05, 0) is 54.5 Å². The molecule has 1 aromatic heterocycles. The molecule has 0 bridgehead atoms. The summed E-state index contributed by atoms with van der Waals surface area (Å²) in [6.07, 6.45) is 0.816. The predicted molar refractivity (Wildman–Crippen MR) is 73.9 cm³/mol. The van der Waals surface area contributed by atoms with Gasteiger partial charge in [-0.2, -0.15) is 4.68 Å². The maximum absolute atomic E-state index is 11.5. The molecule has 0 unspecified atom stereocenters. The summed E-state index contributed by atoms with van der Waals surface area (Å²) < 4.78 is 6.55. The van der Waals surface area contributed by atoms with Crippen LogP contribution in [0.4, 0.5) is 0 Å². The molecule has 0 fully saturated rings. The minimum absolute atomic E-state index is 0.230. The summed E-state index contributed by atoms with van der Waals surface area (Å²) in [6.45, 7) is 3.98. The minimum atomic E-state index is -0.230. The van der Waals surface area contributed by atoms with Crippen LogP contribution in [0.25, 0.3) is 5.69 Å². The van der Waals surface area contributed by atoms with Crippen molar-refractivity contribution in [1.29, 1.82) is 0 Å². The number of hydrogen-bond donors (Lipinski definition) is 0. The summed E-state index contributed by atoms with van der Waals surface area (Å²) in [7, 11) is 0. The van der Waals surface area contributed by atoms with Crippen molar-refractivity contribution >= 4 is 17.6 Å². The van der Waals surface area contributed by atoms with E-state index in [1.54, 1.807) is 17.7 Å². The predicted octanol–water partition coefficient (Wildman–Crippen LogP) is 2.12. The van der Waals surface area contributed by atoms with E-state index < -0.39 is 0 Å². The van der Waals surface area contributed by atoms with Gasteiger partial charge in [0, 0.05) is 11.4 Å². The van der Waals surface area contributed by atoms with Crippen LogP contribution in [-0.2, 0) is 16.0 Å². The van der Waals surface area contributed by atoms with E-state index in [2.05, 4.69) is 15.5 Å². The van der Waals surface area contributed by atoms with Gasteiger partial charge in [-0.25, -0.2) is 0 Å². The molecule has 0 aliphatic heterocycles. The fraction of sp³-hybridized carbons (Fsp3) is 0.385. The highest BCUT2D eigenvalue weighted by Crippen LogP contribution is 2.21. The number of ether oxygens (including phenoxy) is 1. The fourth-order valence-electron chi connectivity index (χ4n) is 1.89. The molecule has 0 aliphatic rings. The van der Waals surface area contributed by atoms with E-state index in [0.717, 1.165) is 11.3 Å². The number of aromatic nitrogens is 4. The van der Waals surface area contributed by atoms with Crippen LogP contribution in [0.2, 0.25) is 5.02 Å². The monoisotopic (exact) mass is 294 g/mol. The van der Waals surface area contributed by atoms with Crippen LogP contribution in [0.3, 0.4) is 0 Å². The Morgan fingerprint density at radius 1 is 1.45 bits per heavy atom. The Balaban J connectivity index is 2.25. The molecule has 0 aliphatic carbocycles. The van der Waals surface area contributed by atoms with Crippen LogP contribution >= 0.6 is 11.6 Å². The Hall–Kier alpha value is -1.95. The molecular formula is C13H15ClN4O2. The van der Waals surface area contributed by atoms with E-state index in [4.69, 9.17) is 16.3 Å². The van der Waals surface area contributed by atoms with Gasteiger partial charge >= 0.3 is 5.97 Å². The molecule has 0 radical (unpaired) electrons. The van der Waals surface area contributed by atoms with E-state index in [1.165, 1.54) is 0 Å². The SMILES string of the molecule is CCOC(=O)CCc1cc(Cl)ccc1-n1nnnc1C. The molecule has 20 heavy (non-hydrogen) atoms. The second kappa shape index (κ2) is 6.47. The van der Waals surface area contributed by atoms with Gasteiger partial charge in [0.15, 0.2) is 5.82 Å². The smallest absolute Gasteiger partial charge is 0.306 e. The highest BCUT2D eigenvalue weighted by molar-refractivity contribution is 6.30. The number of benzene rings is 1. The quantitative estimate of drug-likeness (QED) is 0.790. The average Bonchev–Trinajstić information content (AvgIpc) is 2.83. The number of aryl methyl sites for hydroxylation is 2. The largest absolute Gasteiger partial charge is 0.466 e. The van der Waals surface area contributed by atoms with Crippen LogP contribution in [-0.4, -0.2) is 32.8 Å². The zero-order valence-corrected chi connectivity index (χ0v) is 12.1. The maximum atomic E-state index is 11.5. The Labute approximate surface area is 121 Å². The second-order valence-corrected chi connectivity index (χ2v) is 4.65. The van der Waals surface area contributed by atoms with Gasteiger partial charge in [0.05, 0.1) is 12.3 Å². The Morgan fingerprint density at radius 2 is 2.25 bits per heavy atom. The van der Waals surface area contributed by atoms with Crippen LogP contribution in [0.1, 0.15) is 24.7 Å². The average molecular weight is 295 g/mol. The molecular weight excluding hydrogens is 280 g/mol. The van der Waals surface area contributed by atoms with Gasteiger partial charge in [0.2, 0.25) is 0 Å². The van der Waals surface area contributed by atoms with Crippen LogP contribution in [0.5, 0.6) is 0 Å². The number of carbonyl (C=O) groups is 1. The highest BCUT2D eigenvalue weighted by atomic mass is 35.5. The molecule has 7 heteroatoms. The van der Waals surface area contributed by atoms with Gasteiger partial charge in [0.1, 0.15) is 0 Å². The zero-order valence-electron chi connectivity index (χ0n) is 11.3. The molecule has 2 aromatic rings. The number of nitrogens with zero attached hydrogens (tertiary/aromatic N) is 4. The number of tetrazole rings is 1. The van der Waals surface area contributed by atoms with Crippen molar-refractivity contribution < 1.29 is 9.53 Å². The van der Waals surface area contributed by atoms with Gasteiger partial charge in [-0.3, -0.25) is 4.79 Å². The normalized spacial score (nSPS) is 10.6. The number of carbonyl (C=O) groups excluding carboxylic acids is 1. The number of rotatable bonds is 5. The van der Waals surface area contributed by atoms with Gasteiger partial charge in [-0.15, -0.1) is 5.10 Å². The summed E-state index contributed by atoms with van der Waals surface area (Å²) in [5, 5.41) is 12.0. The molecule has 0 saturated carbocycles. The van der Waals surface area contributed by atoms with Crippen molar-refractivity contribution in [2.24, 2.45) is 0 Å². The molecule has 1 heterocycles. The first-order chi connectivity index (χ1) is 9.61. The lowest BCUT2D eigenvalue weighted by Gasteiger charge is -2.10. The molecule has 106 valence electrons. The molecule has 1 aromatic carbocycles. The summed E-state index contributed by atoms with van der Waals surface area (Å²) in [4.78, 5) is 11.5. The first-order valence-corrected chi connectivity index (χ1v) is 6.69. The van der Waals surface area contributed by atoms with Gasteiger partial charge in [0.25, 0.3) is 0 Å². The topological polar surface area (TPSA) is 69.9 Å². The third kappa shape index (κ3) is 3.33. The van der Waals surface area contributed by atoms with E-state index in [0.29, 0.717) is 30.3 Å². The Morgan fingerprint density at radius 3 is 2.90 bits per heavy atom. The third-order valence-electron chi connectivity index (χ3n) is 2.80. The van der Waals surface area contributed by atoms with Gasteiger partial charge < -0.3 is 4.74 Å². The lowest BCUT2D eigenvalue weighted by atomic mass is 10.1. The molecule has 0 atom stereocenters. The molecule has 0 spiro atoms. The second-order valence-electron chi connectivity index (χ2n) is 4.22. The number of halogens is 1. The van der Waals surface area contributed by atoms with Crippen LogP contribution < -0.4 is 0 Å². The Kier molecular flexibility index (Phi) is 4.68. The summed E-state index contributed by atoms with van der Waals surface area (Å²) >= 11 is 6.02. The molecule has 0 amide bonds. The van der Waals surface area contributed by atoms with Crippen LogP contribution in [0, 0.1) is 6.92 Å². The molecule has 0 N–H and O–H groups in total. The summed E-state index contributed by atoms with van der Waals surface area (Å²) in [5.74, 6) is 0.441. The molecule has 6 nitrogen and oxygen atoms in total. The molecule has 2 rings (SSSR count). The van der Waals surface area contributed by atoms with E-state index in [1.807, 2.05) is 19.1 Å². The van der Waals surface area contributed by atoms with Crippen molar-refractivity contribution in [3.63, 3.8) is 0 Å². The Bertz CT molecular complexity index is 612. The van der Waals surface area contributed by atoms with Crippen molar-refractivity contribution in [3.8, 4) is 5.69 Å². The first kappa shape index (κ1) is 14.5.